The number of ketones is 1. The van der Waals surface area contributed by atoms with Gasteiger partial charge in [-0.25, -0.2) is 8.78 Å². The van der Waals surface area contributed by atoms with Gasteiger partial charge in [-0.2, -0.15) is 0 Å². The van der Waals surface area contributed by atoms with Gasteiger partial charge in [-0.05, 0) is 33.0 Å². The number of carbonyl (C=O) groups is 2. The highest BCUT2D eigenvalue weighted by atomic mass is 19.1. The van der Waals surface area contributed by atoms with Crippen molar-refractivity contribution in [2.75, 3.05) is 33.2 Å². The fraction of sp³-hybridized carbons (Fsp3) is 0.467. The standard InChI is InChI=1S/C15H20F2N2O2/c1-4-19(5-2)14(21)10-18(3)9-13(20)15-11(16)7-6-8-12(15)17/h6-8H,4-5,9-10H2,1-3H3. The summed E-state index contributed by atoms with van der Waals surface area (Å²) in [6, 6.07) is 3.28. The second kappa shape index (κ2) is 7.83. The van der Waals surface area contributed by atoms with E-state index in [4.69, 9.17) is 0 Å². The minimum atomic E-state index is -0.886. The molecule has 6 heteroatoms. The third-order valence-electron chi connectivity index (χ3n) is 3.18. The molecule has 0 unspecified atom stereocenters. The molecule has 0 aliphatic heterocycles. The molecule has 0 saturated heterocycles. The Kier molecular flexibility index (Phi) is 6.42. The number of hydrogen-bond acceptors (Lipinski definition) is 3. The summed E-state index contributed by atoms with van der Waals surface area (Å²) in [6.07, 6.45) is 0. The van der Waals surface area contributed by atoms with Crippen molar-refractivity contribution in [3.63, 3.8) is 0 Å². The van der Waals surface area contributed by atoms with Gasteiger partial charge < -0.3 is 4.90 Å². The first-order chi connectivity index (χ1) is 9.90. The number of benzene rings is 1. The first-order valence-electron chi connectivity index (χ1n) is 6.84. The number of Topliss-reactive ketones (excluding diaryl/α,β-unsaturated/α-hetero) is 1. The summed E-state index contributed by atoms with van der Waals surface area (Å²) < 4.78 is 27.0. The molecule has 21 heavy (non-hydrogen) atoms. The van der Waals surface area contributed by atoms with Crippen LogP contribution in [0.5, 0.6) is 0 Å². The third-order valence-corrected chi connectivity index (χ3v) is 3.18. The lowest BCUT2D eigenvalue weighted by Gasteiger charge is -2.22. The van der Waals surface area contributed by atoms with Gasteiger partial charge in [-0.15, -0.1) is 0 Å². The van der Waals surface area contributed by atoms with Crippen molar-refractivity contribution in [1.29, 1.82) is 0 Å². The maximum atomic E-state index is 13.5. The summed E-state index contributed by atoms with van der Waals surface area (Å²) in [4.78, 5) is 26.9. The molecule has 0 saturated carbocycles. The van der Waals surface area contributed by atoms with E-state index in [1.165, 1.54) is 11.0 Å². The normalized spacial score (nSPS) is 10.8. The molecule has 116 valence electrons. The lowest BCUT2D eigenvalue weighted by Crippen LogP contribution is -2.40. The van der Waals surface area contributed by atoms with E-state index in [9.17, 15) is 18.4 Å². The Morgan fingerprint density at radius 2 is 1.57 bits per heavy atom. The van der Waals surface area contributed by atoms with Crippen molar-refractivity contribution in [3.8, 4) is 0 Å². The number of likely N-dealkylation sites (N-methyl/N-ethyl adjacent to an activating group) is 2. The Bertz CT molecular complexity index is 496. The lowest BCUT2D eigenvalue weighted by molar-refractivity contribution is -0.131. The van der Waals surface area contributed by atoms with E-state index in [2.05, 4.69) is 0 Å². The molecule has 1 amide bonds. The molecule has 0 heterocycles. The summed E-state index contributed by atoms with van der Waals surface area (Å²) in [5.41, 5.74) is -0.556. The van der Waals surface area contributed by atoms with Gasteiger partial charge in [-0.3, -0.25) is 14.5 Å². The number of hydrogen-bond donors (Lipinski definition) is 0. The minimum Gasteiger partial charge on any atom is -0.342 e. The average Bonchev–Trinajstić information content (AvgIpc) is 2.39. The molecule has 0 aliphatic carbocycles. The highest BCUT2D eigenvalue weighted by Crippen LogP contribution is 2.13. The number of halogens is 2. The smallest absolute Gasteiger partial charge is 0.236 e. The monoisotopic (exact) mass is 298 g/mol. The van der Waals surface area contributed by atoms with E-state index in [-0.39, 0.29) is 19.0 Å². The SMILES string of the molecule is CCN(CC)C(=O)CN(C)CC(=O)c1c(F)cccc1F. The zero-order valence-corrected chi connectivity index (χ0v) is 12.5. The van der Waals surface area contributed by atoms with Gasteiger partial charge in [0.25, 0.3) is 0 Å². The molecule has 0 aromatic heterocycles. The predicted molar refractivity (Wildman–Crippen MR) is 76.1 cm³/mol. The molecule has 1 aromatic carbocycles. The Hall–Kier alpha value is -1.82. The zero-order valence-electron chi connectivity index (χ0n) is 12.5. The van der Waals surface area contributed by atoms with Crippen LogP contribution in [0.15, 0.2) is 18.2 Å². The van der Waals surface area contributed by atoms with Crippen LogP contribution in [0.1, 0.15) is 24.2 Å². The minimum absolute atomic E-state index is 0.0312. The maximum absolute atomic E-state index is 13.5. The average molecular weight is 298 g/mol. The molecule has 0 atom stereocenters. The van der Waals surface area contributed by atoms with Crippen molar-refractivity contribution < 1.29 is 18.4 Å². The first-order valence-corrected chi connectivity index (χ1v) is 6.84. The number of carbonyl (C=O) groups excluding carboxylic acids is 2. The molecule has 0 bridgehead atoms. The number of rotatable bonds is 7. The van der Waals surface area contributed by atoms with Crippen LogP contribution in [0.25, 0.3) is 0 Å². The van der Waals surface area contributed by atoms with Crippen LogP contribution < -0.4 is 0 Å². The van der Waals surface area contributed by atoms with Crippen molar-refractivity contribution in [1.82, 2.24) is 9.80 Å². The molecule has 1 aromatic rings. The van der Waals surface area contributed by atoms with Crippen LogP contribution in [-0.4, -0.2) is 54.7 Å². The van der Waals surface area contributed by atoms with Crippen LogP contribution >= 0.6 is 0 Å². The van der Waals surface area contributed by atoms with Gasteiger partial charge in [0.1, 0.15) is 11.6 Å². The van der Waals surface area contributed by atoms with Crippen LogP contribution in [0.3, 0.4) is 0 Å². The summed E-state index contributed by atoms with van der Waals surface area (Å²) in [6.45, 7) is 4.70. The fourth-order valence-corrected chi connectivity index (χ4v) is 2.05. The largest absolute Gasteiger partial charge is 0.342 e. The van der Waals surface area contributed by atoms with E-state index in [1.807, 2.05) is 13.8 Å². The number of amides is 1. The molecule has 4 nitrogen and oxygen atoms in total. The highest BCUT2D eigenvalue weighted by molar-refractivity contribution is 5.98. The van der Waals surface area contributed by atoms with Gasteiger partial charge >= 0.3 is 0 Å². The van der Waals surface area contributed by atoms with E-state index in [1.54, 1.807) is 11.9 Å². The maximum Gasteiger partial charge on any atom is 0.236 e. The van der Waals surface area contributed by atoms with Crippen molar-refractivity contribution in [2.45, 2.75) is 13.8 Å². The summed E-state index contributed by atoms with van der Waals surface area (Å²) in [5, 5.41) is 0. The first kappa shape index (κ1) is 17.2. The van der Waals surface area contributed by atoms with Crippen LogP contribution in [0.2, 0.25) is 0 Å². The van der Waals surface area contributed by atoms with Crippen LogP contribution in [0.4, 0.5) is 8.78 Å². The Balaban J connectivity index is 2.69. The quantitative estimate of drug-likeness (QED) is 0.722. The van der Waals surface area contributed by atoms with Crippen molar-refractivity contribution in [2.24, 2.45) is 0 Å². The fourth-order valence-electron chi connectivity index (χ4n) is 2.05. The Morgan fingerprint density at radius 3 is 2.05 bits per heavy atom. The molecule has 0 spiro atoms. The molecule has 0 N–H and O–H groups in total. The molecule has 0 radical (unpaired) electrons. The van der Waals surface area contributed by atoms with Gasteiger partial charge in [-0.1, -0.05) is 6.07 Å². The van der Waals surface area contributed by atoms with E-state index in [0.29, 0.717) is 13.1 Å². The summed E-state index contributed by atoms with van der Waals surface area (Å²) >= 11 is 0. The zero-order chi connectivity index (χ0) is 16.0. The number of nitrogens with zero attached hydrogens (tertiary/aromatic N) is 2. The summed E-state index contributed by atoms with van der Waals surface area (Å²) in [5.74, 6) is -2.57. The molecular weight excluding hydrogens is 278 g/mol. The topological polar surface area (TPSA) is 40.6 Å². The van der Waals surface area contributed by atoms with Crippen molar-refractivity contribution in [3.05, 3.63) is 35.4 Å². The van der Waals surface area contributed by atoms with Crippen LogP contribution in [0, 0.1) is 11.6 Å². The molecule has 0 fully saturated rings. The van der Waals surface area contributed by atoms with E-state index < -0.39 is 23.0 Å². The van der Waals surface area contributed by atoms with E-state index in [0.717, 1.165) is 12.1 Å². The third kappa shape index (κ3) is 4.60. The Morgan fingerprint density at radius 1 is 1.05 bits per heavy atom. The lowest BCUT2D eigenvalue weighted by atomic mass is 10.1. The predicted octanol–water partition coefficient (Wildman–Crippen LogP) is 1.95. The summed E-state index contributed by atoms with van der Waals surface area (Å²) in [7, 11) is 1.57. The Labute approximate surface area is 123 Å². The van der Waals surface area contributed by atoms with E-state index >= 15 is 0 Å². The van der Waals surface area contributed by atoms with Gasteiger partial charge in [0.2, 0.25) is 5.91 Å². The van der Waals surface area contributed by atoms with Crippen LogP contribution in [-0.2, 0) is 4.79 Å². The second-order valence-corrected chi connectivity index (χ2v) is 4.76. The molecule has 1 rings (SSSR count). The molecular formula is C15H20F2N2O2. The van der Waals surface area contributed by atoms with Gasteiger partial charge in [0.15, 0.2) is 5.78 Å². The molecule has 0 aliphatic rings. The van der Waals surface area contributed by atoms with Gasteiger partial charge in [0.05, 0.1) is 18.7 Å². The highest BCUT2D eigenvalue weighted by Gasteiger charge is 2.20. The second-order valence-electron chi connectivity index (χ2n) is 4.76. The van der Waals surface area contributed by atoms with Gasteiger partial charge in [0, 0.05) is 13.1 Å². The van der Waals surface area contributed by atoms with Crippen molar-refractivity contribution >= 4 is 11.7 Å².